The normalized spacial score (nSPS) is 23.3. The Labute approximate surface area is 161 Å². The van der Waals surface area contributed by atoms with Crippen LogP contribution in [0.15, 0.2) is 36.7 Å². The second-order valence-electron chi connectivity index (χ2n) is 8.20. The zero-order valence-corrected chi connectivity index (χ0v) is 16.3. The Morgan fingerprint density at radius 3 is 2.63 bits per heavy atom. The minimum Gasteiger partial charge on any atom is -0.338 e. The fraction of sp³-hybridized carbons (Fsp3) is 0.500. The van der Waals surface area contributed by atoms with Crippen molar-refractivity contribution in [3.8, 4) is 0 Å². The van der Waals surface area contributed by atoms with Crippen molar-refractivity contribution in [3.63, 3.8) is 0 Å². The second kappa shape index (κ2) is 7.39. The molecule has 27 heavy (non-hydrogen) atoms. The van der Waals surface area contributed by atoms with E-state index >= 15 is 0 Å². The number of hydrogen-bond donors (Lipinski definition) is 0. The van der Waals surface area contributed by atoms with Gasteiger partial charge in [-0.15, -0.1) is 0 Å². The molecular formula is C22H28N4O. The van der Waals surface area contributed by atoms with E-state index in [1.54, 1.807) is 0 Å². The summed E-state index contributed by atoms with van der Waals surface area (Å²) < 4.78 is 0. The van der Waals surface area contributed by atoms with Crippen LogP contribution in [0, 0.1) is 19.3 Å². The third-order valence-corrected chi connectivity index (χ3v) is 5.95. The molecule has 0 radical (unpaired) electrons. The summed E-state index contributed by atoms with van der Waals surface area (Å²) in [7, 11) is 0. The van der Waals surface area contributed by atoms with E-state index in [-0.39, 0.29) is 5.41 Å². The molecule has 1 aromatic carbocycles. The van der Waals surface area contributed by atoms with E-state index < -0.39 is 0 Å². The minimum atomic E-state index is -0.201. The van der Waals surface area contributed by atoms with E-state index in [0.717, 1.165) is 63.4 Å². The van der Waals surface area contributed by atoms with E-state index in [0.29, 0.717) is 5.91 Å². The maximum absolute atomic E-state index is 13.4. The van der Waals surface area contributed by atoms with E-state index in [9.17, 15) is 4.79 Å². The summed E-state index contributed by atoms with van der Waals surface area (Å²) in [6, 6.07) is 8.50. The minimum absolute atomic E-state index is 0.201. The SMILES string of the molecule is Cc1cccc(CN2CCC[C@]3(CCN(Cc4cnc(C)nc4)C3)C2=O)c1. The molecule has 2 fully saturated rings. The van der Waals surface area contributed by atoms with E-state index in [4.69, 9.17) is 0 Å². The molecule has 1 spiro atoms. The van der Waals surface area contributed by atoms with Gasteiger partial charge in [0.25, 0.3) is 0 Å². The van der Waals surface area contributed by atoms with Gasteiger partial charge in [-0.3, -0.25) is 9.69 Å². The van der Waals surface area contributed by atoms with Crippen LogP contribution >= 0.6 is 0 Å². The summed E-state index contributed by atoms with van der Waals surface area (Å²) >= 11 is 0. The van der Waals surface area contributed by atoms with Crippen LogP contribution in [0.2, 0.25) is 0 Å². The molecule has 1 amide bonds. The molecule has 2 saturated heterocycles. The van der Waals surface area contributed by atoms with Crippen molar-refractivity contribution in [2.24, 2.45) is 5.41 Å². The van der Waals surface area contributed by atoms with Gasteiger partial charge in [0, 0.05) is 44.1 Å². The lowest BCUT2D eigenvalue weighted by molar-refractivity contribution is -0.146. The molecule has 0 aliphatic carbocycles. The molecule has 4 rings (SSSR count). The molecule has 0 N–H and O–H groups in total. The molecule has 1 atom stereocenters. The van der Waals surface area contributed by atoms with Crippen molar-refractivity contribution >= 4 is 5.91 Å². The number of aromatic nitrogens is 2. The van der Waals surface area contributed by atoms with Gasteiger partial charge in [-0.25, -0.2) is 9.97 Å². The Hall–Kier alpha value is -2.27. The average Bonchev–Trinajstić information content (AvgIpc) is 3.05. The van der Waals surface area contributed by atoms with Crippen molar-refractivity contribution in [2.45, 2.75) is 46.2 Å². The average molecular weight is 364 g/mol. The van der Waals surface area contributed by atoms with Gasteiger partial charge in [0.2, 0.25) is 5.91 Å². The summed E-state index contributed by atoms with van der Waals surface area (Å²) in [6.07, 6.45) is 6.87. The van der Waals surface area contributed by atoms with Gasteiger partial charge in [-0.1, -0.05) is 29.8 Å². The smallest absolute Gasteiger partial charge is 0.230 e. The molecule has 1 aromatic heterocycles. The van der Waals surface area contributed by atoms with Crippen molar-refractivity contribution in [3.05, 3.63) is 59.2 Å². The maximum atomic E-state index is 13.4. The molecule has 5 nitrogen and oxygen atoms in total. The molecule has 5 heteroatoms. The Bertz CT molecular complexity index is 819. The van der Waals surface area contributed by atoms with Crippen molar-refractivity contribution in [1.29, 1.82) is 0 Å². The quantitative estimate of drug-likeness (QED) is 0.836. The predicted molar refractivity (Wildman–Crippen MR) is 105 cm³/mol. The van der Waals surface area contributed by atoms with E-state index in [1.165, 1.54) is 11.1 Å². The van der Waals surface area contributed by atoms with Crippen LogP contribution < -0.4 is 0 Å². The van der Waals surface area contributed by atoms with Crippen LogP contribution in [0.5, 0.6) is 0 Å². The Morgan fingerprint density at radius 1 is 1.04 bits per heavy atom. The highest BCUT2D eigenvalue weighted by Gasteiger charge is 2.48. The molecule has 142 valence electrons. The summed E-state index contributed by atoms with van der Waals surface area (Å²) in [6.45, 7) is 8.26. The first-order valence-electron chi connectivity index (χ1n) is 9.89. The summed E-state index contributed by atoms with van der Waals surface area (Å²) in [4.78, 5) is 26.4. The number of carbonyl (C=O) groups excluding carboxylic acids is 1. The zero-order valence-electron chi connectivity index (χ0n) is 16.3. The van der Waals surface area contributed by atoms with Crippen LogP contribution in [-0.2, 0) is 17.9 Å². The Balaban J connectivity index is 1.43. The lowest BCUT2D eigenvalue weighted by Gasteiger charge is -2.39. The highest BCUT2D eigenvalue weighted by molar-refractivity contribution is 5.84. The number of nitrogens with zero attached hydrogens (tertiary/aromatic N) is 4. The van der Waals surface area contributed by atoms with Gasteiger partial charge in [0.05, 0.1) is 5.41 Å². The van der Waals surface area contributed by atoms with Gasteiger partial charge in [0.15, 0.2) is 0 Å². The fourth-order valence-electron chi connectivity index (χ4n) is 4.56. The summed E-state index contributed by atoms with van der Waals surface area (Å²) in [5, 5.41) is 0. The predicted octanol–water partition coefficient (Wildman–Crippen LogP) is 3.11. The summed E-state index contributed by atoms with van der Waals surface area (Å²) in [5.41, 5.74) is 3.40. The number of benzene rings is 1. The highest BCUT2D eigenvalue weighted by Crippen LogP contribution is 2.40. The lowest BCUT2D eigenvalue weighted by atomic mass is 9.78. The lowest BCUT2D eigenvalue weighted by Crippen LogP contribution is -2.49. The van der Waals surface area contributed by atoms with Crippen molar-refractivity contribution in [2.75, 3.05) is 19.6 Å². The number of piperidine rings is 1. The van der Waals surface area contributed by atoms with Crippen LogP contribution in [0.25, 0.3) is 0 Å². The van der Waals surface area contributed by atoms with Crippen molar-refractivity contribution < 1.29 is 4.79 Å². The molecule has 2 aliphatic rings. The molecule has 0 saturated carbocycles. The fourth-order valence-corrected chi connectivity index (χ4v) is 4.56. The topological polar surface area (TPSA) is 49.3 Å². The highest BCUT2D eigenvalue weighted by atomic mass is 16.2. The monoisotopic (exact) mass is 364 g/mol. The van der Waals surface area contributed by atoms with Crippen LogP contribution in [0.3, 0.4) is 0 Å². The second-order valence-corrected chi connectivity index (χ2v) is 8.20. The van der Waals surface area contributed by atoms with Crippen molar-refractivity contribution in [1.82, 2.24) is 19.8 Å². The standard InChI is InChI=1S/C22H28N4O/c1-17-5-3-6-19(11-17)15-26-9-4-7-22(21(26)27)8-10-25(16-22)14-20-12-23-18(2)24-13-20/h3,5-6,11-13H,4,7-10,14-16H2,1-2H3/t22-/m1/s1. The molecule has 2 aliphatic heterocycles. The largest absolute Gasteiger partial charge is 0.338 e. The van der Waals surface area contributed by atoms with Crippen LogP contribution in [-0.4, -0.2) is 45.3 Å². The maximum Gasteiger partial charge on any atom is 0.230 e. The molecule has 2 aromatic rings. The first-order chi connectivity index (χ1) is 13.0. The first-order valence-corrected chi connectivity index (χ1v) is 9.89. The number of likely N-dealkylation sites (tertiary alicyclic amines) is 2. The molecule has 3 heterocycles. The van der Waals surface area contributed by atoms with Crippen LogP contribution in [0.4, 0.5) is 0 Å². The Morgan fingerprint density at radius 2 is 1.85 bits per heavy atom. The number of rotatable bonds is 4. The third kappa shape index (κ3) is 3.88. The van der Waals surface area contributed by atoms with Gasteiger partial charge < -0.3 is 4.90 Å². The molecular weight excluding hydrogens is 336 g/mol. The summed E-state index contributed by atoms with van der Waals surface area (Å²) in [5.74, 6) is 1.14. The number of carbonyl (C=O) groups is 1. The van der Waals surface area contributed by atoms with Gasteiger partial charge in [-0.05, 0) is 45.2 Å². The zero-order chi connectivity index (χ0) is 18.9. The first kappa shape index (κ1) is 18.1. The molecule has 0 unspecified atom stereocenters. The van der Waals surface area contributed by atoms with Gasteiger partial charge in [0.1, 0.15) is 5.82 Å². The van der Waals surface area contributed by atoms with Gasteiger partial charge in [-0.2, -0.15) is 0 Å². The number of aryl methyl sites for hydroxylation is 2. The van der Waals surface area contributed by atoms with E-state index in [2.05, 4.69) is 51.0 Å². The third-order valence-electron chi connectivity index (χ3n) is 5.95. The number of amides is 1. The molecule has 0 bridgehead atoms. The van der Waals surface area contributed by atoms with Crippen LogP contribution in [0.1, 0.15) is 41.8 Å². The number of hydrogen-bond acceptors (Lipinski definition) is 4. The Kier molecular flexibility index (Phi) is 4.96. The van der Waals surface area contributed by atoms with Gasteiger partial charge >= 0.3 is 0 Å². The van der Waals surface area contributed by atoms with E-state index in [1.807, 2.05) is 19.3 Å².